The maximum Gasteiger partial charge on any atom is 0.255 e. The molecule has 0 aliphatic rings. The zero-order chi connectivity index (χ0) is 27.4. The third-order valence-corrected chi connectivity index (χ3v) is 6.22. The van der Waals surface area contributed by atoms with Gasteiger partial charge < -0.3 is 30.9 Å². The van der Waals surface area contributed by atoms with Gasteiger partial charge >= 0.3 is 0 Å². The number of anilines is 1. The van der Waals surface area contributed by atoms with Crippen LogP contribution >= 0.6 is 0 Å². The number of hydrogen-bond donors (Lipinski definition) is 5. The van der Waals surface area contributed by atoms with Gasteiger partial charge in [-0.1, -0.05) is 18.2 Å². The molecule has 2 heterocycles. The summed E-state index contributed by atoms with van der Waals surface area (Å²) in [6, 6.07) is 21.5. The van der Waals surface area contributed by atoms with E-state index in [0.717, 1.165) is 27.9 Å². The van der Waals surface area contributed by atoms with Gasteiger partial charge in [-0.3, -0.25) is 4.79 Å². The molecule has 0 aliphatic carbocycles. The second-order valence-electron chi connectivity index (χ2n) is 8.64. The smallest absolute Gasteiger partial charge is 0.255 e. The van der Waals surface area contributed by atoms with Gasteiger partial charge in [-0.15, -0.1) is 0 Å². The van der Waals surface area contributed by atoms with Gasteiger partial charge in [0.05, 0.1) is 23.7 Å². The van der Waals surface area contributed by atoms with E-state index in [0.29, 0.717) is 34.0 Å². The highest BCUT2D eigenvalue weighted by Gasteiger charge is 2.15. The molecule has 9 nitrogen and oxygen atoms in total. The molecule has 5 N–H and O–H groups in total. The van der Waals surface area contributed by atoms with E-state index < -0.39 is 0 Å². The van der Waals surface area contributed by atoms with Crippen LogP contribution in [0, 0.1) is 5.41 Å². The van der Waals surface area contributed by atoms with Crippen LogP contribution < -0.4 is 15.4 Å². The lowest BCUT2D eigenvalue weighted by Gasteiger charge is -2.10. The summed E-state index contributed by atoms with van der Waals surface area (Å²) in [5.74, 6) is 0.730. The minimum absolute atomic E-state index is 0.0662. The van der Waals surface area contributed by atoms with Crippen molar-refractivity contribution in [2.45, 2.75) is 0 Å². The van der Waals surface area contributed by atoms with Crippen LogP contribution in [0.3, 0.4) is 0 Å². The number of ether oxygens (including phenoxy) is 1. The molecule has 9 heteroatoms. The van der Waals surface area contributed by atoms with Crippen LogP contribution in [-0.4, -0.2) is 46.3 Å². The van der Waals surface area contributed by atoms with Gasteiger partial charge in [0.2, 0.25) is 5.88 Å². The summed E-state index contributed by atoms with van der Waals surface area (Å²) in [5, 5.41) is 23.9. The highest BCUT2D eigenvalue weighted by Crippen LogP contribution is 2.35. The number of carbonyl (C=O) groups is 1. The Labute approximate surface area is 224 Å². The van der Waals surface area contributed by atoms with E-state index in [1.807, 2.05) is 36.4 Å². The Morgan fingerprint density at radius 1 is 1.03 bits per heavy atom. The van der Waals surface area contributed by atoms with Crippen molar-refractivity contribution in [1.29, 1.82) is 5.41 Å². The number of pyridine rings is 1. The average Bonchev–Trinajstić information content (AvgIpc) is 3.39. The van der Waals surface area contributed by atoms with Gasteiger partial charge in [-0.05, 0) is 71.8 Å². The monoisotopic (exact) mass is 518 g/mol. The van der Waals surface area contributed by atoms with E-state index >= 15 is 0 Å². The molecule has 0 atom stereocenters. The highest BCUT2D eigenvalue weighted by molar-refractivity contribution is 6.06. The summed E-state index contributed by atoms with van der Waals surface area (Å²) in [4.78, 5) is 25.2. The number of hydrogen-bond acceptors (Lipinski definition) is 7. The predicted octanol–water partition coefficient (Wildman–Crippen LogP) is 5.47. The Hall–Kier alpha value is -5.44. The van der Waals surface area contributed by atoms with Crippen LogP contribution in [0.2, 0.25) is 0 Å². The number of phenolic OH excluding ortho intramolecular Hbond substituents is 1. The zero-order valence-corrected chi connectivity index (χ0v) is 21.3. The van der Waals surface area contributed by atoms with Crippen molar-refractivity contribution in [2.75, 3.05) is 19.5 Å². The molecule has 0 saturated heterocycles. The van der Waals surface area contributed by atoms with Crippen molar-refractivity contribution < 1.29 is 14.6 Å². The number of rotatable bonds is 8. The van der Waals surface area contributed by atoms with Crippen molar-refractivity contribution in [3.63, 3.8) is 0 Å². The summed E-state index contributed by atoms with van der Waals surface area (Å²) in [7, 11) is 3.34. The maximum absolute atomic E-state index is 13.1. The van der Waals surface area contributed by atoms with Crippen molar-refractivity contribution in [1.82, 2.24) is 20.3 Å². The molecule has 0 fully saturated rings. The number of allylic oxidation sites excluding steroid dienone is 1. The number of amides is 1. The molecule has 39 heavy (non-hydrogen) atoms. The van der Waals surface area contributed by atoms with E-state index in [4.69, 9.17) is 10.1 Å². The van der Waals surface area contributed by atoms with Crippen LogP contribution in [0.15, 0.2) is 85.1 Å². The first-order chi connectivity index (χ1) is 19.0. The minimum Gasteiger partial charge on any atom is -0.507 e. The second kappa shape index (κ2) is 10.9. The molecule has 194 valence electrons. The Balaban J connectivity index is 1.43. The average molecular weight is 519 g/mol. The van der Waals surface area contributed by atoms with E-state index in [1.54, 1.807) is 62.8 Å². The number of aromatic nitrogens is 3. The Morgan fingerprint density at radius 2 is 1.90 bits per heavy atom. The number of nitrogens with zero attached hydrogens (tertiary/aromatic N) is 2. The van der Waals surface area contributed by atoms with Gasteiger partial charge in [-0.25, -0.2) is 9.97 Å². The van der Waals surface area contributed by atoms with Crippen molar-refractivity contribution in [3.05, 3.63) is 96.2 Å². The zero-order valence-electron chi connectivity index (χ0n) is 21.3. The fraction of sp³-hybridized carbons (Fsp3) is 0.0667. The van der Waals surface area contributed by atoms with E-state index in [-0.39, 0.29) is 11.7 Å². The molecular weight excluding hydrogens is 492 g/mol. The number of imidazole rings is 1. The molecular formula is C30H26N6O3. The molecule has 0 spiro atoms. The quantitative estimate of drug-likeness (QED) is 0.173. The van der Waals surface area contributed by atoms with Gasteiger partial charge in [0.1, 0.15) is 11.6 Å². The first-order valence-corrected chi connectivity index (χ1v) is 12.1. The summed E-state index contributed by atoms with van der Waals surface area (Å²) in [6.07, 6.45) is 4.50. The fourth-order valence-electron chi connectivity index (χ4n) is 4.32. The van der Waals surface area contributed by atoms with Gasteiger partial charge in [0.15, 0.2) is 0 Å². The van der Waals surface area contributed by atoms with E-state index in [2.05, 4.69) is 25.6 Å². The Kier molecular flexibility index (Phi) is 7.05. The SMILES string of the molecule is CN/C(=C\C=N)c1cccc(NC(=O)c2ccc3[nH]c(-c4cc(-c5cccnc5OC)ccc4O)nc3c2)c1. The van der Waals surface area contributed by atoms with Gasteiger partial charge in [0, 0.05) is 42.0 Å². The lowest BCUT2D eigenvalue weighted by atomic mass is 10.0. The number of aromatic hydroxyl groups is 1. The van der Waals surface area contributed by atoms with Crippen LogP contribution in [0.25, 0.3) is 39.2 Å². The van der Waals surface area contributed by atoms with Gasteiger partial charge in [-0.2, -0.15) is 0 Å². The number of nitrogens with one attached hydrogen (secondary N) is 4. The minimum atomic E-state index is -0.283. The molecule has 5 aromatic rings. The Morgan fingerprint density at radius 3 is 2.69 bits per heavy atom. The predicted molar refractivity (Wildman–Crippen MR) is 153 cm³/mol. The number of aromatic amines is 1. The van der Waals surface area contributed by atoms with Crippen LogP contribution in [0.1, 0.15) is 15.9 Å². The normalized spacial score (nSPS) is 11.3. The summed E-state index contributed by atoms with van der Waals surface area (Å²) in [6.45, 7) is 0. The van der Waals surface area contributed by atoms with Crippen LogP contribution in [0.4, 0.5) is 5.69 Å². The molecule has 0 unspecified atom stereocenters. The molecule has 0 bridgehead atoms. The first-order valence-electron chi connectivity index (χ1n) is 12.1. The number of fused-ring (bicyclic) bond motifs is 1. The highest BCUT2D eigenvalue weighted by atomic mass is 16.5. The largest absolute Gasteiger partial charge is 0.507 e. The van der Waals surface area contributed by atoms with Crippen LogP contribution in [-0.2, 0) is 0 Å². The molecule has 1 amide bonds. The summed E-state index contributed by atoms with van der Waals surface area (Å²) in [5.41, 5.74) is 6.09. The van der Waals surface area contributed by atoms with Crippen molar-refractivity contribution in [3.8, 4) is 34.1 Å². The first kappa shape index (κ1) is 25.2. The lowest BCUT2D eigenvalue weighted by Crippen LogP contribution is -2.12. The summed E-state index contributed by atoms with van der Waals surface area (Å²) >= 11 is 0. The molecule has 0 saturated carbocycles. The molecule has 2 aromatic heterocycles. The maximum atomic E-state index is 13.1. The molecule has 3 aromatic carbocycles. The van der Waals surface area contributed by atoms with Crippen LogP contribution in [0.5, 0.6) is 11.6 Å². The summed E-state index contributed by atoms with van der Waals surface area (Å²) < 4.78 is 5.39. The standard InChI is InChI=1S/C30H26N6O3/c1-32-24(12-13-31)19-5-3-6-21(15-19)34-29(38)20-8-10-25-26(17-20)36-28(35-25)23-16-18(9-11-27(23)37)22-7-4-14-33-30(22)39-2/h3-17,31-32,37H,1-2H3,(H,34,38)(H,35,36)/b24-12-,31-13?. The van der Waals surface area contributed by atoms with Crippen molar-refractivity contribution in [2.24, 2.45) is 0 Å². The van der Waals surface area contributed by atoms with E-state index in [9.17, 15) is 9.90 Å². The number of phenols is 1. The topological polar surface area (TPSA) is 136 Å². The number of carbonyl (C=O) groups excluding carboxylic acids is 1. The second-order valence-corrected chi connectivity index (χ2v) is 8.64. The van der Waals surface area contributed by atoms with Gasteiger partial charge in [0.25, 0.3) is 5.91 Å². The molecule has 0 radical (unpaired) electrons. The third kappa shape index (κ3) is 5.19. The van der Waals surface area contributed by atoms with E-state index in [1.165, 1.54) is 6.21 Å². The Bertz CT molecular complexity index is 1720. The van der Waals surface area contributed by atoms with Crippen molar-refractivity contribution >= 4 is 34.5 Å². The molecule has 5 rings (SSSR count). The third-order valence-electron chi connectivity index (χ3n) is 6.22. The number of methoxy groups -OCH3 is 1. The molecule has 0 aliphatic heterocycles. The fourth-order valence-corrected chi connectivity index (χ4v) is 4.32. The number of H-pyrrole nitrogens is 1. The number of benzene rings is 3. The lowest BCUT2D eigenvalue weighted by molar-refractivity contribution is 0.102.